The zero-order valence-corrected chi connectivity index (χ0v) is 11.4. The van der Waals surface area contributed by atoms with Crippen LogP contribution in [0.5, 0.6) is 5.75 Å². The summed E-state index contributed by atoms with van der Waals surface area (Å²) in [6.45, 7) is 0. The molecule has 0 amide bonds. The number of aromatic nitrogens is 1. The molecule has 0 radical (unpaired) electrons. The first kappa shape index (κ1) is 11.4. The largest absolute Gasteiger partial charge is 0.496 e. The van der Waals surface area contributed by atoms with Gasteiger partial charge in [-0.05, 0) is 36.1 Å². The summed E-state index contributed by atoms with van der Waals surface area (Å²) in [5.41, 5.74) is 1.27. The topological polar surface area (TPSA) is 14.2 Å². The maximum atomic E-state index is 5.40. The first-order valence-electron chi connectivity index (χ1n) is 5.77. The molecule has 0 unspecified atom stereocenters. The highest BCUT2D eigenvalue weighted by Crippen LogP contribution is 2.42. The van der Waals surface area contributed by atoms with Crippen molar-refractivity contribution in [1.82, 2.24) is 4.57 Å². The van der Waals surface area contributed by atoms with Gasteiger partial charge >= 0.3 is 0 Å². The maximum Gasteiger partial charge on any atom is 0.128 e. The van der Waals surface area contributed by atoms with Gasteiger partial charge in [0.2, 0.25) is 0 Å². The van der Waals surface area contributed by atoms with Crippen LogP contribution in [0.3, 0.4) is 0 Å². The zero-order chi connectivity index (χ0) is 11.7. The third kappa shape index (κ3) is 2.04. The molecule has 2 heterocycles. The molecule has 1 saturated heterocycles. The number of benzene rings is 1. The monoisotopic (exact) mass is 265 g/mol. The Hall–Kier alpha value is -0.740. The summed E-state index contributed by atoms with van der Waals surface area (Å²) >= 11 is 4.07. The van der Waals surface area contributed by atoms with Crippen molar-refractivity contribution in [2.24, 2.45) is 0 Å². The van der Waals surface area contributed by atoms with E-state index in [0.717, 1.165) is 5.75 Å². The fourth-order valence-electron chi connectivity index (χ4n) is 2.16. The average Bonchev–Trinajstić information content (AvgIpc) is 2.83. The van der Waals surface area contributed by atoms with Crippen molar-refractivity contribution in [3.63, 3.8) is 0 Å². The molecular weight excluding hydrogens is 250 g/mol. The number of nitrogens with zero attached hydrogens (tertiary/aromatic N) is 1. The minimum Gasteiger partial charge on any atom is -0.496 e. The smallest absolute Gasteiger partial charge is 0.128 e. The molecule has 17 heavy (non-hydrogen) atoms. The summed E-state index contributed by atoms with van der Waals surface area (Å²) < 4.78 is 8.29. The predicted molar refractivity (Wildman–Crippen MR) is 77.1 cm³/mol. The normalized spacial score (nSPS) is 17.5. The van der Waals surface area contributed by atoms with Gasteiger partial charge in [-0.25, -0.2) is 0 Å². The fraction of sp³-hybridized carbons (Fsp3) is 0.385. The highest BCUT2D eigenvalue weighted by molar-refractivity contribution is 8.16. The molecule has 3 rings (SSSR count). The highest BCUT2D eigenvalue weighted by Gasteiger charge is 2.18. The minimum absolute atomic E-state index is 0.522. The Labute approximate surface area is 110 Å². The van der Waals surface area contributed by atoms with Gasteiger partial charge in [-0.1, -0.05) is 6.07 Å². The lowest BCUT2D eigenvalue weighted by Crippen LogP contribution is -2.06. The van der Waals surface area contributed by atoms with Gasteiger partial charge in [0.05, 0.1) is 12.6 Å². The lowest BCUT2D eigenvalue weighted by Gasteiger charge is -2.23. The number of ether oxygens (including phenoxy) is 1. The third-order valence-corrected chi connectivity index (χ3v) is 5.87. The molecule has 0 spiro atoms. The SMILES string of the molecule is COc1cccc2c1ccn2C1SCCCS1. The van der Waals surface area contributed by atoms with E-state index in [4.69, 9.17) is 4.74 Å². The first-order valence-corrected chi connectivity index (χ1v) is 7.86. The molecule has 1 fully saturated rings. The molecule has 1 aromatic carbocycles. The second-order valence-electron chi connectivity index (χ2n) is 4.02. The molecule has 0 bridgehead atoms. The summed E-state index contributed by atoms with van der Waals surface area (Å²) in [5.74, 6) is 3.50. The van der Waals surface area contributed by atoms with Gasteiger partial charge in [-0.15, -0.1) is 23.5 Å². The molecule has 2 aromatic rings. The van der Waals surface area contributed by atoms with E-state index in [-0.39, 0.29) is 0 Å². The molecule has 4 heteroatoms. The number of hydrogen-bond donors (Lipinski definition) is 0. The van der Waals surface area contributed by atoms with Crippen LogP contribution in [0, 0.1) is 0 Å². The lowest BCUT2D eigenvalue weighted by atomic mass is 10.2. The average molecular weight is 265 g/mol. The summed E-state index contributed by atoms with van der Waals surface area (Å²) in [7, 11) is 1.73. The molecule has 1 aromatic heterocycles. The summed E-state index contributed by atoms with van der Waals surface area (Å²) in [6, 6.07) is 8.42. The van der Waals surface area contributed by atoms with E-state index in [1.54, 1.807) is 7.11 Å². The Kier molecular flexibility index (Phi) is 3.25. The predicted octanol–water partition coefficient (Wildman–Crippen LogP) is 3.98. The van der Waals surface area contributed by atoms with Gasteiger partial charge in [0.1, 0.15) is 10.5 Å². The van der Waals surface area contributed by atoms with Crippen molar-refractivity contribution in [2.45, 2.75) is 11.1 Å². The lowest BCUT2D eigenvalue weighted by molar-refractivity contribution is 0.420. The van der Waals surface area contributed by atoms with Gasteiger partial charge in [0.25, 0.3) is 0 Å². The maximum absolute atomic E-state index is 5.40. The van der Waals surface area contributed by atoms with Crippen LogP contribution in [0.1, 0.15) is 11.1 Å². The molecule has 1 aliphatic rings. The first-order chi connectivity index (χ1) is 8.40. The van der Waals surface area contributed by atoms with Crippen LogP contribution in [0.25, 0.3) is 10.9 Å². The van der Waals surface area contributed by atoms with Crippen molar-refractivity contribution < 1.29 is 4.74 Å². The van der Waals surface area contributed by atoms with E-state index in [1.165, 1.54) is 28.8 Å². The van der Waals surface area contributed by atoms with Crippen LogP contribution in [0.2, 0.25) is 0 Å². The number of fused-ring (bicyclic) bond motifs is 1. The van der Waals surface area contributed by atoms with Crippen LogP contribution in [-0.4, -0.2) is 23.2 Å². The van der Waals surface area contributed by atoms with Crippen molar-refractivity contribution in [3.8, 4) is 5.75 Å². The van der Waals surface area contributed by atoms with Crippen molar-refractivity contribution in [2.75, 3.05) is 18.6 Å². The number of rotatable bonds is 2. The van der Waals surface area contributed by atoms with E-state index in [1.807, 2.05) is 29.6 Å². The van der Waals surface area contributed by atoms with Gasteiger partial charge in [0, 0.05) is 11.6 Å². The number of thioether (sulfide) groups is 2. The summed E-state index contributed by atoms with van der Waals surface area (Å²) in [5, 5.41) is 1.21. The minimum atomic E-state index is 0.522. The highest BCUT2D eigenvalue weighted by atomic mass is 32.2. The second kappa shape index (κ2) is 4.86. The van der Waals surface area contributed by atoms with E-state index >= 15 is 0 Å². The van der Waals surface area contributed by atoms with Crippen LogP contribution >= 0.6 is 23.5 Å². The Morgan fingerprint density at radius 3 is 2.82 bits per heavy atom. The van der Waals surface area contributed by atoms with Crippen molar-refractivity contribution >= 4 is 34.4 Å². The summed E-state index contributed by atoms with van der Waals surface area (Å²) in [4.78, 5) is 0. The third-order valence-electron chi connectivity index (χ3n) is 2.98. The van der Waals surface area contributed by atoms with Crippen LogP contribution in [-0.2, 0) is 0 Å². The molecule has 2 nitrogen and oxygen atoms in total. The number of hydrogen-bond acceptors (Lipinski definition) is 3. The van der Waals surface area contributed by atoms with Gasteiger partial charge < -0.3 is 9.30 Å². The molecular formula is C13H15NOS2. The van der Waals surface area contributed by atoms with Crippen LogP contribution < -0.4 is 4.74 Å². The molecule has 1 aliphatic heterocycles. The summed E-state index contributed by atoms with van der Waals surface area (Å²) in [6.07, 6.45) is 3.51. The Morgan fingerprint density at radius 2 is 2.06 bits per heavy atom. The van der Waals surface area contributed by atoms with Crippen molar-refractivity contribution in [3.05, 3.63) is 30.5 Å². The second-order valence-corrected chi connectivity index (χ2v) is 6.69. The fourth-order valence-corrected chi connectivity index (χ4v) is 5.02. The molecule has 0 saturated carbocycles. The van der Waals surface area contributed by atoms with E-state index in [0.29, 0.717) is 4.71 Å². The molecule has 0 aliphatic carbocycles. The molecule has 0 N–H and O–H groups in total. The van der Waals surface area contributed by atoms with Crippen LogP contribution in [0.15, 0.2) is 30.5 Å². The van der Waals surface area contributed by atoms with Crippen LogP contribution in [0.4, 0.5) is 0 Å². The van der Waals surface area contributed by atoms with Crippen molar-refractivity contribution in [1.29, 1.82) is 0 Å². The zero-order valence-electron chi connectivity index (χ0n) is 9.76. The molecule has 90 valence electrons. The quantitative estimate of drug-likeness (QED) is 0.816. The van der Waals surface area contributed by atoms with Gasteiger partial charge in [-0.3, -0.25) is 0 Å². The Balaban J connectivity index is 2.05. The standard InChI is InChI=1S/C13H15NOS2/c1-15-12-5-2-4-11-10(12)6-7-14(11)13-16-8-3-9-17-13/h2,4-7,13H,3,8-9H2,1H3. The molecule has 0 atom stereocenters. The van der Waals surface area contributed by atoms with Gasteiger partial charge in [-0.2, -0.15) is 0 Å². The van der Waals surface area contributed by atoms with E-state index < -0.39 is 0 Å². The van der Waals surface area contributed by atoms with E-state index in [2.05, 4.69) is 29.0 Å². The Morgan fingerprint density at radius 1 is 1.24 bits per heavy atom. The van der Waals surface area contributed by atoms with Gasteiger partial charge in [0.15, 0.2) is 0 Å². The Bertz CT molecular complexity index is 517. The van der Waals surface area contributed by atoms with E-state index in [9.17, 15) is 0 Å². The number of methoxy groups -OCH3 is 1.